The summed E-state index contributed by atoms with van der Waals surface area (Å²) in [6.07, 6.45) is 1.23. The molecule has 0 aliphatic rings. The maximum atomic E-state index is 12.7. The van der Waals surface area contributed by atoms with Crippen molar-refractivity contribution in [3.63, 3.8) is 0 Å². The SMILES string of the molecule is CCOc1ccc(NC(=O)Cn2c(-c3ccc(C)cc3)ncc(C#N)c2=O)cc1. The number of nitrogens with zero attached hydrogens (tertiary/aromatic N) is 3. The Morgan fingerprint density at radius 1 is 1.17 bits per heavy atom. The van der Waals surface area contributed by atoms with E-state index in [1.165, 1.54) is 10.8 Å². The number of nitriles is 1. The first-order valence-electron chi connectivity index (χ1n) is 9.11. The number of carbonyl (C=O) groups excluding carboxylic acids is 1. The highest BCUT2D eigenvalue weighted by molar-refractivity contribution is 5.90. The molecule has 0 spiro atoms. The van der Waals surface area contributed by atoms with Crippen LogP contribution in [0.25, 0.3) is 11.4 Å². The van der Waals surface area contributed by atoms with E-state index in [-0.39, 0.29) is 12.1 Å². The van der Waals surface area contributed by atoms with Gasteiger partial charge < -0.3 is 10.1 Å². The van der Waals surface area contributed by atoms with Gasteiger partial charge in [-0.25, -0.2) is 4.98 Å². The van der Waals surface area contributed by atoms with Gasteiger partial charge in [0.25, 0.3) is 5.56 Å². The molecule has 0 unspecified atom stereocenters. The van der Waals surface area contributed by atoms with Crippen LogP contribution < -0.4 is 15.6 Å². The molecule has 0 saturated heterocycles. The average Bonchev–Trinajstić information content (AvgIpc) is 2.72. The molecule has 2 aromatic carbocycles. The zero-order chi connectivity index (χ0) is 20.8. The van der Waals surface area contributed by atoms with Crippen LogP contribution in [0.15, 0.2) is 59.5 Å². The highest BCUT2D eigenvalue weighted by atomic mass is 16.5. The molecule has 0 saturated carbocycles. The van der Waals surface area contributed by atoms with Crippen LogP contribution in [0, 0.1) is 18.3 Å². The van der Waals surface area contributed by atoms with Crippen LogP contribution in [-0.2, 0) is 11.3 Å². The number of benzene rings is 2. The molecule has 1 heterocycles. The third kappa shape index (κ3) is 4.68. The minimum atomic E-state index is -0.556. The number of aryl methyl sites for hydroxylation is 1. The van der Waals surface area contributed by atoms with Gasteiger partial charge in [-0.1, -0.05) is 29.8 Å². The van der Waals surface area contributed by atoms with Gasteiger partial charge in [-0.3, -0.25) is 14.2 Å². The van der Waals surface area contributed by atoms with E-state index in [0.29, 0.717) is 29.4 Å². The summed E-state index contributed by atoms with van der Waals surface area (Å²) >= 11 is 0. The lowest BCUT2D eigenvalue weighted by molar-refractivity contribution is -0.116. The third-order valence-electron chi connectivity index (χ3n) is 4.23. The Morgan fingerprint density at radius 2 is 1.86 bits per heavy atom. The lowest BCUT2D eigenvalue weighted by Gasteiger charge is -2.13. The molecule has 0 atom stereocenters. The number of aromatic nitrogens is 2. The molecule has 29 heavy (non-hydrogen) atoms. The van der Waals surface area contributed by atoms with Crippen molar-refractivity contribution in [3.05, 3.63) is 76.2 Å². The summed E-state index contributed by atoms with van der Waals surface area (Å²) in [6, 6.07) is 16.2. The van der Waals surface area contributed by atoms with Crippen molar-refractivity contribution in [2.24, 2.45) is 0 Å². The van der Waals surface area contributed by atoms with E-state index in [4.69, 9.17) is 10.00 Å². The summed E-state index contributed by atoms with van der Waals surface area (Å²) in [7, 11) is 0. The Balaban J connectivity index is 1.88. The Labute approximate surface area is 168 Å². The van der Waals surface area contributed by atoms with E-state index in [0.717, 1.165) is 5.56 Å². The fourth-order valence-electron chi connectivity index (χ4n) is 2.79. The van der Waals surface area contributed by atoms with Crippen molar-refractivity contribution in [1.82, 2.24) is 9.55 Å². The molecular weight excluding hydrogens is 368 g/mol. The monoisotopic (exact) mass is 388 g/mol. The van der Waals surface area contributed by atoms with Gasteiger partial charge in [-0.05, 0) is 38.1 Å². The number of rotatable bonds is 6. The van der Waals surface area contributed by atoms with Gasteiger partial charge >= 0.3 is 0 Å². The van der Waals surface area contributed by atoms with Crippen molar-refractivity contribution in [2.75, 3.05) is 11.9 Å². The summed E-state index contributed by atoms with van der Waals surface area (Å²) in [5.41, 5.74) is 1.65. The molecule has 0 bridgehead atoms. The zero-order valence-electron chi connectivity index (χ0n) is 16.2. The molecule has 1 amide bonds. The number of ether oxygens (including phenoxy) is 1. The van der Waals surface area contributed by atoms with E-state index >= 15 is 0 Å². The molecule has 3 rings (SSSR count). The fraction of sp³-hybridized carbons (Fsp3) is 0.182. The fourth-order valence-corrected chi connectivity index (χ4v) is 2.79. The second kappa shape index (κ2) is 8.85. The quantitative estimate of drug-likeness (QED) is 0.700. The summed E-state index contributed by atoms with van der Waals surface area (Å²) in [5.74, 6) is 0.631. The molecule has 0 aliphatic heterocycles. The van der Waals surface area contributed by atoms with Gasteiger partial charge in [0.15, 0.2) is 0 Å². The molecule has 1 aromatic heterocycles. The van der Waals surface area contributed by atoms with Crippen LogP contribution in [0.4, 0.5) is 5.69 Å². The molecule has 1 N–H and O–H groups in total. The Hall–Kier alpha value is -3.92. The van der Waals surface area contributed by atoms with Crippen molar-refractivity contribution in [2.45, 2.75) is 20.4 Å². The average molecular weight is 388 g/mol. The van der Waals surface area contributed by atoms with Crippen LogP contribution in [0.1, 0.15) is 18.1 Å². The maximum absolute atomic E-state index is 12.7. The van der Waals surface area contributed by atoms with Crippen molar-refractivity contribution >= 4 is 11.6 Å². The van der Waals surface area contributed by atoms with E-state index in [1.54, 1.807) is 24.3 Å². The Bertz CT molecular complexity index is 1110. The number of hydrogen-bond donors (Lipinski definition) is 1. The number of carbonyl (C=O) groups is 1. The topological polar surface area (TPSA) is 97.0 Å². The first-order valence-corrected chi connectivity index (χ1v) is 9.11. The van der Waals surface area contributed by atoms with Crippen molar-refractivity contribution in [3.8, 4) is 23.2 Å². The number of amides is 1. The van der Waals surface area contributed by atoms with E-state index in [2.05, 4.69) is 10.3 Å². The van der Waals surface area contributed by atoms with Crippen molar-refractivity contribution < 1.29 is 9.53 Å². The number of anilines is 1. The zero-order valence-corrected chi connectivity index (χ0v) is 16.2. The highest BCUT2D eigenvalue weighted by Crippen LogP contribution is 2.18. The predicted molar refractivity (Wildman–Crippen MR) is 110 cm³/mol. The van der Waals surface area contributed by atoms with Gasteiger partial charge in [0, 0.05) is 11.3 Å². The first-order chi connectivity index (χ1) is 14.0. The molecule has 7 nitrogen and oxygen atoms in total. The molecule has 146 valence electrons. The second-order valence-corrected chi connectivity index (χ2v) is 6.37. The number of nitrogens with one attached hydrogen (secondary N) is 1. The normalized spacial score (nSPS) is 10.2. The van der Waals surface area contributed by atoms with Crippen LogP contribution in [0.2, 0.25) is 0 Å². The smallest absolute Gasteiger partial charge is 0.272 e. The minimum absolute atomic E-state index is 0.116. The van der Waals surface area contributed by atoms with Gasteiger partial charge in [-0.15, -0.1) is 0 Å². The maximum Gasteiger partial charge on any atom is 0.272 e. The van der Waals surface area contributed by atoms with Crippen LogP contribution in [0.3, 0.4) is 0 Å². The summed E-state index contributed by atoms with van der Waals surface area (Å²) < 4.78 is 6.59. The van der Waals surface area contributed by atoms with Gasteiger partial charge in [0.05, 0.1) is 12.8 Å². The summed E-state index contributed by atoms with van der Waals surface area (Å²) in [6.45, 7) is 4.13. The standard InChI is InChI=1S/C22H20N4O3/c1-3-29-19-10-8-18(9-11-19)25-20(27)14-26-21(16-6-4-15(2)5-7-16)24-13-17(12-23)22(26)28/h4-11,13H,3,14H2,1-2H3,(H,25,27). The van der Waals surface area contributed by atoms with E-state index in [9.17, 15) is 9.59 Å². The molecule has 3 aromatic rings. The lowest BCUT2D eigenvalue weighted by Crippen LogP contribution is -2.31. The Morgan fingerprint density at radius 3 is 2.48 bits per heavy atom. The van der Waals surface area contributed by atoms with Crippen LogP contribution in [-0.4, -0.2) is 22.1 Å². The van der Waals surface area contributed by atoms with E-state index in [1.807, 2.05) is 44.2 Å². The highest BCUT2D eigenvalue weighted by Gasteiger charge is 2.15. The van der Waals surface area contributed by atoms with Crippen molar-refractivity contribution in [1.29, 1.82) is 5.26 Å². The lowest BCUT2D eigenvalue weighted by atomic mass is 10.1. The van der Waals surface area contributed by atoms with Gasteiger partial charge in [0.2, 0.25) is 5.91 Å². The molecule has 0 radical (unpaired) electrons. The van der Waals surface area contributed by atoms with Gasteiger partial charge in [-0.2, -0.15) is 5.26 Å². The van der Waals surface area contributed by atoms with Gasteiger partial charge in [0.1, 0.15) is 29.8 Å². The number of hydrogen-bond acceptors (Lipinski definition) is 5. The molecule has 7 heteroatoms. The van der Waals surface area contributed by atoms with Crippen LogP contribution >= 0.6 is 0 Å². The predicted octanol–water partition coefficient (Wildman–Crippen LogP) is 3.13. The third-order valence-corrected chi connectivity index (χ3v) is 4.23. The summed E-state index contributed by atoms with van der Waals surface area (Å²) in [4.78, 5) is 29.5. The summed E-state index contributed by atoms with van der Waals surface area (Å²) in [5, 5.41) is 11.9. The van der Waals surface area contributed by atoms with Crippen LogP contribution in [0.5, 0.6) is 5.75 Å². The second-order valence-electron chi connectivity index (χ2n) is 6.37. The molecule has 0 aliphatic carbocycles. The molecule has 0 fully saturated rings. The van der Waals surface area contributed by atoms with E-state index < -0.39 is 11.5 Å². The first kappa shape index (κ1) is 19.8. The largest absolute Gasteiger partial charge is 0.494 e. The minimum Gasteiger partial charge on any atom is -0.494 e. The Kier molecular flexibility index (Phi) is 6.05. The molecular formula is C22H20N4O3.